The molecule has 0 bridgehead atoms. The summed E-state index contributed by atoms with van der Waals surface area (Å²) in [4.78, 5) is 13.5. The van der Waals surface area contributed by atoms with Gasteiger partial charge in [-0.25, -0.2) is 0 Å². The first-order valence-electron chi connectivity index (χ1n) is 6.20. The van der Waals surface area contributed by atoms with Gasteiger partial charge in [-0.2, -0.15) is 0 Å². The van der Waals surface area contributed by atoms with E-state index < -0.39 is 0 Å². The summed E-state index contributed by atoms with van der Waals surface area (Å²) < 4.78 is 0. The lowest BCUT2D eigenvalue weighted by Crippen LogP contribution is -2.34. The number of aliphatic hydroxyl groups is 1. The standard InChI is InChI=1S/C12H24ClNO2/c1-2-3-4-5-9-14(10-11-15)12(16)7-6-8-13/h15H,2-11H2,1H3. The van der Waals surface area contributed by atoms with Crippen molar-refractivity contribution in [3.63, 3.8) is 0 Å². The van der Waals surface area contributed by atoms with E-state index in [0.717, 1.165) is 25.8 Å². The van der Waals surface area contributed by atoms with Crippen LogP contribution in [0.25, 0.3) is 0 Å². The predicted molar refractivity (Wildman–Crippen MR) is 67.8 cm³/mol. The lowest BCUT2D eigenvalue weighted by Gasteiger charge is -2.21. The largest absolute Gasteiger partial charge is 0.395 e. The molecule has 0 unspecified atom stereocenters. The lowest BCUT2D eigenvalue weighted by molar-refractivity contribution is -0.131. The van der Waals surface area contributed by atoms with Crippen LogP contribution in [0.15, 0.2) is 0 Å². The van der Waals surface area contributed by atoms with Crippen molar-refractivity contribution < 1.29 is 9.90 Å². The van der Waals surface area contributed by atoms with Gasteiger partial charge in [0.2, 0.25) is 5.91 Å². The molecule has 0 saturated carbocycles. The molecular weight excluding hydrogens is 226 g/mol. The van der Waals surface area contributed by atoms with Crippen molar-refractivity contribution in [2.75, 3.05) is 25.6 Å². The Morgan fingerprint density at radius 1 is 1.19 bits per heavy atom. The smallest absolute Gasteiger partial charge is 0.222 e. The van der Waals surface area contributed by atoms with E-state index in [9.17, 15) is 4.79 Å². The number of halogens is 1. The normalized spacial score (nSPS) is 10.4. The van der Waals surface area contributed by atoms with Gasteiger partial charge in [-0.15, -0.1) is 11.6 Å². The van der Waals surface area contributed by atoms with Crippen LogP contribution in [0.4, 0.5) is 0 Å². The number of alkyl halides is 1. The second kappa shape index (κ2) is 11.2. The van der Waals surface area contributed by atoms with E-state index in [1.54, 1.807) is 4.90 Å². The molecule has 1 N–H and O–H groups in total. The number of carbonyl (C=O) groups is 1. The Bertz CT molecular complexity index is 176. The maximum Gasteiger partial charge on any atom is 0.222 e. The zero-order valence-electron chi connectivity index (χ0n) is 10.3. The average Bonchev–Trinajstić information content (AvgIpc) is 2.30. The van der Waals surface area contributed by atoms with Crippen LogP contribution in [0, 0.1) is 0 Å². The Kier molecular flexibility index (Phi) is 11.0. The molecule has 1 amide bonds. The van der Waals surface area contributed by atoms with Gasteiger partial charge in [0.1, 0.15) is 0 Å². The fourth-order valence-electron chi connectivity index (χ4n) is 1.59. The minimum atomic E-state index is 0.0421. The van der Waals surface area contributed by atoms with Crippen molar-refractivity contribution in [1.29, 1.82) is 0 Å². The van der Waals surface area contributed by atoms with E-state index in [1.807, 2.05) is 0 Å². The molecule has 0 aromatic heterocycles. The van der Waals surface area contributed by atoms with Crippen molar-refractivity contribution in [2.24, 2.45) is 0 Å². The summed E-state index contributed by atoms with van der Waals surface area (Å²) in [6.07, 6.45) is 5.80. The summed E-state index contributed by atoms with van der Waals surface area (Å²) >= 11 is 5.55. The summed E-state index contributed by atoms with van der Waals surface area (Å²) in [5.74, 6) is 0.639. The third-order valence-corrected chi connectivity index (χ3v) is 2.80. The second-order valence-corrected chi connectivity index (χ2v) is 4.34. The molecule has 0 aliphatic carbocycles. The number of rotatable bonds is 10. The fraction of sp³-hybridized carbons (Fsp3) is 0.917. The van der Waals surface area contributed by atoms with Crippen LogP contribution >= 0.6 is 11.6 Å². The summed E-state index contributed by atoms with van der Waals surface area (Å²) in [6, 6.07) is 0. The van der Waals surface area contributed by atoms with Gasteiger partial charge in [0.15, 0.2) is 0 Å². The van der Waals surface area contributed by atoms with Crippen molar-refractivity contribution in [3.8, 4) is 0 Å². The molecule has 0 rings (SSSR count). The van der Waals surface area contributed by atoms with Crippen LogP contribution < -0.4 is 0 Å². The first-order chi connectivity index (χ1) is 7.76. The van der Waals surface area contributed by atoms with Crippen molar-refractivity contribution in [2.45, 2.75) is 45.4 Å². The molecule has 0 aromatic rings. The van der Waals surface area contributed by atoms with Crippen LogP contribution in [-0.2, 0) is 4.79 Å². The number of carbonyl (C=O) groups excluding carboxylic acids is 1. The van der Waals surface area contributed by atoms with Gasteiger partial charge in [-0.3, -0.25) is 4.79 Å². The van der Waals surface area contributed by atoms with Gasteiger partial charge in [0, 0.05) is 25.4 Å². The molecule has 0 aliphatic rings. The predicted octanol–water partition coefficient (Wildman–Crippen LogP) is 2.41. The van der Waals surface area contributed by atoms with Crippen LogP contribution in [-0.4, -0.2) is 41.5 Å². The van der Waals surface area contributed by atoms with Gasteiger partial charge < -0.3 is 10.0 Å². The molecule has 0 spiro atoms. The average molecular weight is 250 g/mol. The molecule has 16 heavy (non-hydrogen) atoms. The number of hydrogen-bond donors (Lipinski definition) is 1. The Labute approximate surface area is 104 Å². The summed E-state index contributed by atoms with van der Waals surface area (Å²) in [5, 5.41) is 8.89. The van der Waals surface area contributed by atoms with E-state index in [0.29, 0.717) is 18.8 Å². The SMILES string of the molecule is CCCCCCN(CCO)C(=O)CCCCl. The van der Waals surface area contributed by atoms with E-state index >= 15 is 0 Å². The molecule has 0 heterocycles. The first-order valence-corrected chi connectivity index (χ1v) is 6.74. The molecular formula is C12H24ClNO2. The molecule has 0 fully saturated rings. The molecule has 3 nitrogen and oxygen atoms in total. The summed E-state index contributed by atoms with van der Waals surface area (Å²) in [7, 11) is 0. The molecule has 4 heteroatoms. The number of hydrogen-bond acceptors (Lipinski definition) is 2. The summed E-state index contributed by atoms with van der Waals surface area (Å²) in [6.45, 7) is 3.42. The molecule has 96 valence electrons. The quantitative estimate of drug-likeness (QED) is 0.477. The first kappa shape index (κ1) is 15.7. The van der Waals surface area contributed by atoms with Gasteiger partial charge in [0.25, 0.3) is 0 Å². The van der Waals surface area contributed by atoms with Gasteiger partial charge in [-0.1, -0.05) is 26.2 Å². The van der Waals surface area contributed by atoms with Crippen molar-refractivity contribution in [3.05, 3.63) is 0 Å². The molecule has 0 atom stereocenters. The van der Waals surface area contributed by atoms with Gasteiger partial charge >= 0.3 is 0 Å². The van der Waals surface area contributed by atoms with Crippen molar-refractivity contribution in [1.82, 2.24) is 4.90 Å². The van der Waals surface area contributed by atoms with Crippen LogP contribution in [0.1, 0.15) is 45.4 Å². The highest BCUT2D eigenvalue weighted by Crippen LogP contribution is 2.04. The van der Waals surface area contributed by atoms with Crippen LogP contribution in [0.5, 0.6) is 0 Å². The van der Waals surface area contributed by atoms with Crippen LogP contribution in [0.2, 0.25) is 0 Å². The van der Waals surface area contributed by atoms with E-state index in [-0.39, 0.29) is 12.5 Å². The third kappa shape index (κ3) is 7.94. The Balaban J connectivity index is 3.80. The molecule has 0 aliphatic heterocycles. The van der Waals surface area contributed by atoms with E-state index in [4.69, 9.17) is 16.7 Å². The minimum absolute atomic E-state index is 0.0421. The van der Waals surface area contributed by atoms with E-state index in [1.165, 1.54) is 12.8 Å². The highest BCUT2D eigenvalue weighted by molar-refractivity contribution is 6.17. The maximum atomic E-state index is 11.7. The Morgan fingerprint density at radius 2 is 1.94 bits per heavy atom. The number of amides is 1. The highest BCUT2D eigenvalue weighted by Gasteiger charge is 2.11. The van der Waals surface area contributed by atoms with E-state index in [2.05, 4.69) is 6.92 Å². The van der Waals surface area contributed by atoms with Gasteiger partial charge in [0.05, 0.1) is 6.61 Å². The molecule has 0 radical (unpaired) electrons. The minimum Gasteiger partial charge on any atom is -0.395 e. The van der Waals surface area contributed by atoms with Crippen molar-refractivity contribution >= 4 is 17.5 Å². The zero-order chi connectivity index (χ0) is 12.2. The van der Waals surface area contributed by atoms with Gasteiger partial charge in [-0.05, 0) is 12.8 Å². The monoisotopic (exact) mass is 249 g/mol. The lowest BCUT2D eigenvalue weighted by atomic mass is 10.2. The third-order valence-electron chi connectivity index (χ3n) is 2.53. The Morgan fingerprint density at radius 3 is 2.50 bits per heavy atom. The highest BCUT2D eigenvalue weighted by atomic mass is 35.5. The Hall–Kier alpha value is -0.280. The number of nitrogens with zero attached hydrogens (tertiary/aromatic N) is 1. The second-order valence-electron chi connectivity index (χ2n) is 3.96. The zero-order valence-corrected chi connectivity index (χ0v) is 11.0. The van der Waals surface area contributed by atoms with Crippen LogP contribution in [0.3, 0.4) is 0 Å². The maximum absolute atomic E-state index is 11.7. The summed E-state index contributed by atoms with van der Waals surface area (Å²) in [5.41, 5.74) is 0. The molecule has 0 saturated heterocycles. The number of unbranched alkanes of at least 4 members (excludes halogenated alkanes) is 3. The fourth-order valence-corrected chi connectivity index (χ4v) is 1.72. The number of aliphatic hydroxyl groups excluding tert-OH is 1. The topological polar surface area (TPSA) is 40.5 Å². The molecule has 0 aromatic carbocycles.